The summed E-state index contributed by atoms with van der Waals surface area (Å²) in [5.41, 5.74) is 1.04. The highest BCUT2D eigenvalue weighted by atomic mass is 35.5. The van der Waals surface area contributed by atoms with Gasteiger partial charge in [0.25, 0.3) is 5.91 Å². The second-order valence-electron chi connectivity index (χ2n) is 5.61. The lowest BCUT2D eigenvalue weighted by Gasteiger charge is -2.18. The number of amides is 1. The standard InChI is InChI=1S/C17H18Cl2N2O4S/c1-11(13-5-3-4-6-15(13)21-26(2,23)24)20-17(22)10-25-16-8-7-12(18)9-14(16)19/h3-9,11,21H,10H2,1-2H3,(H,20,22). The molecule has 1 amide bonds. The fourth-order valence-electron chi connectivity index (χ4n) is 2.26. The molecule has 0 aliphatic carbocycles. The lowest BCUT2D eigenvalue weighted by Crippen LogP contribution is -2.31. The first-order valence-electron chi connectivity index (χ1n) is 7.59. The molecule has 9 heteroatoms. The van der Waals surface area contributed by atoms with Gasteiger partial charge in [0.1, 0.15) is 5.75 Å². The van der Waals surface area contributed by atoms with Crippen molar-refractivity contribution in [3.05, 3.63) is 58.1 Å². The third-order valence-corrected chi connectivity index (χ3v) is 4.47. The van der Waals surface area contributed by atoms with E-state index < -0.39 is 16.1 Å². The smallest absolute Gasteiger partial charge is 0.258 e. The van der Waals surface area contributed by atoms with Crippen LogP contribution in [0.1, 0.15) is 18.5 Å². The van der Waals surface area contributed by atoms with E-state index in [0.717, 1.165) is 6.26 Å². The fourth-order valence-corrected chi connectivity index (χ4v) is 3.31. The number of carbonyl (C=O) groups excluding carboxylic acids is 1. The Balaban J connectivity index is 2.01. The molecule has 0 saturated carbocycles. The monoisotopic (exact) mass is 416 g/mol. The number of para-hydroxylation sites is 1. The van der Waals surface area contributed by atoms with Crippen LogP contribution in [0.5, 0.6) is 5.75 Å². The number of benzene rings is 2. The van der Waals surface area contributed by atoms with Crippen LogP contribution in [0.25, 0.3) is 0 Å². The number of rotatable bonds is 7. The number of halogens is 2. The molecule has 0 spiro atoms. The second-order valence-corrected chi connectivity index (χ2v) is 8.21. The van der Waals surface area contributed by atoms with E-state index in [-0.39, 0.29) is 12.5 Å². The lowest BCUT2D eigenvalue weighted by atomic mass is 10.1. The molecular formula is C17H18Cl2N2O4S. The minimum Gasteiger partial charge on any atom is -0.482 e. The maximum absolute atomic E-state index is 12.1. The highest BCUT2D eigenvalue weighted by molar-refractivity contribution is 7.92. The average molecular weight is 417 g/mol. The molecule has 0 bridgehead atoms. The largest absolute Gasteiger partial charge is 0.482 e. The van der Waals surface area contributed by atoms with Gasteiger partial charge in [0.15, 0.2) is 6.61 Å². The van der Waals surface area contributed by atoms with Crippen molar-refractivity contribution in [2.24, 2.45) is 0 Å². The molecule has 0 radical (unpaired) electrons. The van der Waals surface area contributed by atoms with Crippen molar-refractivity contribution in [2.75, 3.05) is 17.6 Å². The molecule has 140 valence electrons. The number of sulfonamides is 1. The Bertz CT molecular complexity index is 903. The van der Waals surface area contributed by atoms with Gasteiger partial charge >= 0.3 is 0 Å². The summed E-state index contributed by atoms with van der Waals surface area (Å²) in [6.07, 6.45) is 1.07. The number of ether oxygens (including phenoxy) is 1. The third-order valence-electron chi connectivity index (χ3n) is 3.35. The van der Waals surface area contributed by atoms with Crippen LogP contribution in [-0.4, -0.2) is 27.2 Å². The van der Waals surface area contributed by atoms with Crippen LogP contribution in [0.15, 0.2) is 42.5 Å². The van der Waals surface area contributed by atoms with E-state index >= 15 is 0 Å². The molecule has 1 unspecified atom stereocenters. The van der Waals surface area contributed by atoms with Crippen LogP contribution in [-0.2, 0) is 14.8 Å². The van der Waals surface area contributed by atoms with Gasteiger partial charge in [-0.3, -0.25) is 9.52 Å². The average Bonchev–Trinajstić information content (AvgIpc) is 2.53. The second kappa shape index (κ2) is 8.62. The number of hydrogen-bond donors (Lipinski definition) is 2. The molecule has 1 atom stereocenters. The van der Waals surface area contributed by atoms with Gasteiger partial charge in [-0.15, -0.1) is 0 Å². The molecule has 2 N–H and O–H groups in total. The molecule has 0 saturated heterocycles. The Hall–Kier alpha value is -1.96. The lowest BCUT2D eigenvalue weighted by molar-refractivity contribution is -0.123. The molecule has 0 aromatic heterocycles. The van der Waals surface area contributed by atoms with Crippen LogP contribution in [0, 0.1) is 0 Å². The van der Waals surface area contributed by atoms with Crippen LogP contribution >= 0.6 is 23.2 Å². The van der Waals surface area contributed by atoms with E-state index in [1.165, 1.54) is 6.07 Å². The minimum absolute atomic E-state index is 0.243. The van der Waals surface area contributed by atoms with E-state index in [9.17, 15) is 13.2 Å². The van der Waals surface area contributed by atoms with Crippen molar-refractivity contribution in [3.8, 4) is 5.75 Å². The Labute approximate surface area is 162 Å². The predicted molar refractivity (Wildman–Crippen MR) is 103 cm³/mol. The van der Waals surface area contributed by atoms with Gasteiger partial charge in [-0.1, -0.05) is 41.4 Å². The van der Waals surface area contributed by atoms with E-state index in [1.54, 1.807) is 43.3 Å². The van der Waals surface area contributed by atoms with Crippen LogP contribution in [0.3, 0.4) is 0 Å². The summed E-state index contributed by atoms with van der Waals surface area (Å²) in [4.78, 5) is 12.1. The summed E-state index contributed by atoms with van der Waals surface area (Å²) in [5, 5.41) is 3.53. The summed E-state index contributed by atoms with van der Waals surface area (Å²) in [5.74, 6) is -0.0318. The fraction of sp³-hybridized carbons (Fsp3) is 0.235. The highest BCUT2D eigenvalue weighted by Gasteiger charge is 2.15. The first-order chi connectivity index (χ1) is 12.2. The van der Waals surface area contributed by atoms with Crippen molar-refractivity contribution < 1.29 is 17.9 Å². The predicted octanol–water partition coefficient (Wildman–Crippen LogP) is 3.62. The van der Waals surface area contributed by atoms with E-state index in [2.05, 4.69) is 10.0 Å². The van der Waals surface area contributed by atoms with Crippen molar-refractivity contribution in [1.29, 1.82) is 0 Å². The topological polar surface area (TPSA) is 84.5 Å². The zero-order chi connectivity index (χ0) is 19.3. The first kappa shape index (κ1) is 20.4. The highest BCUT2D eigenvalue weighted by Crippen LogP contribution is 2.27. The van der Waals surface area contributed by atoms with Gasteiger partial charge in [0, 0.05) is 5.02 Å². The van der Waals surface area contributed by atoms with Gasteiger partial charge < -0.3 is 10.1 Å². The summed E-state index contributed by atoms with van der Waals surface area (Å²) in [7, 11) is -3.43. The Kier molecular flexibility index (Phi) is 6.75. The molecule has 2 rings (SSSR count). The normalized spacial score (nSPS) is 12.3. The van der Waals surface area contributed by atoms with Crippen LogP contribution in [0.4, 0.5) is 5.69 Å². The van der Waals surface area contributed by atoms with E-state index in [0.29, 0.717) is 27.0 Å². The van der Waals surface area contributed by atoms with E-state index in [4.69, 9.17) is 27.9 Å². The van der Waals surface area contributed by atoms with Gasteiger partial charge in [0.05, 0.1) is 23.0 Å². The van der Waals surface area contributed by atoms with Crippen LogP contribution in [0.2, 0.25) is 10.0 Å². The molecule has 0 heterocycles. The Morgan fingerprint density at radius 1 is 1.19 bits per heavy atom. The van der Waals surface area contributed by atoms with Gasteiger partial charge in [-0.2, -0.15) is 0 Å². The molecule has 0 fully saturated rings. The maximum atomic E-state index is 12.1. The summed E-state index contributed by atoms with van der Waals surface area (Å²) >= 11 is 11.8. The maximum Gasteiger partial charge on any atom is 0.258 e. The number of nitrogens with one attached hydrogen (secondary N) is 2. The van der Waals surface area contributed by atoms with Gasteiger partial charge in [-0.25, -0.2) is 8.42 Å². The SMILES string of the molecule is CC(NC(=O)COc1ccc(Cl)cc1Cl)c1ccccc1NS(C)(=O)=O. The number of carbonyl (C=O) groups is 1. The zero-order valence-electron chi connectivity index (χ0n) is 14.1. The van der Waals surface area contributed by atoms with Crippen molar-refractivity contribution in [3.63, 3.8) is 0 Å². The Morgan fingerprint density at radius 2 is 1.88 bits per heavy atom. The third kappa shape index (κ3) is 6.09. The van der Waals surface area contributed by atoms with Crippen molar-refractivity contribution >= 4 is 44.8 Å². The van der Waals surface area contributed by atoms with Gasteiger partial charge in [-0.05, 0) is 36.8 Å². The number of anilines is 1. The summed E-state index contributed by atoms with van der Waals surface area (Å²) in [6.45, 7) is 1.50. The van der Waals surface area contributed by atoms with E-state index in [1.807, 2.05) is 0 Å². The summed E-state index contributed by atoms with van der Waals surface area (Å²) < 4.78 is 30.8. The van der Waals surface area contributed by atoms with Gasteiger partial charge in [0.2, 0.25) is 10.0 Å². The quantitative estimate of drug-likeness (QED) is 0.721. The molecule has 0 aliphatic rings. The number of hydrogen-bond acceptors (Lipinski definition) is 4. The van der Waals surface area contributed by atoms with Crippen molar-refractivity contribution in [2.45, 2.75) is 13.0 Å². The van der Waals surface area contributed by atoms with Crippen LogP contribution < -0.4 is 14.8 Å². The molecule has 0 aliphatic heterocycles. The molecular weight excluding hydrogens is 399 g/mol. The Morgan fingerprint density at radius 3 is 2.54 bits per heavy atom. The first-order valence-corrected chi connectivity index (χ1v) is 10.2. The molecule has 26 heavy (non-hydrogen) atoms. The zero-order valence-corrected chi connectivity index (χ0v) is 16.5. The van der Waals surface area contributed by atoms with Crippen molar-refractivity contribution in [1.82, 2.24) is 5.32 Å². The summed E-state index contributed by atoms with van der Waals surface area (Å²) in [6, 6.07) is 11.1. The minimum atomic E-state index is -3.43. The molecule has 2 aromatic carbocycles. The molecule has 2 aromatic rings. The molecule has 6 nitrogen and oxygen atoms in total.